The third-order valence-corrected chi connectivity index (χ3v) is 4.60. The summed E-state index contributed by atoms with van der Waals surface area (Å²) in [5, 5.41) is 0. The molecule has 0 radical (unpaired) electrons. The Hall–Kier alpha value is -0.780. The maximum Gasteiger partial charge on any atom is 0.171 e. The van der Waals surface area contributed by atoms with E-state index in [2.05, 4.69) is 9.97 Å². The summed E-state index contributed by atoms with van der Waals surface area (Å²) in [6.45, 7) is 0. The molecule has 0 saturated heterocycles. The van der Waals surface area contributed by atoms with Crippen molar-refractivity contribution >= 4 is 40.5 Å². The second-order valence-corrected chi connectivity index (χ2v) is 6.15. The van der Waals surface area contributed by atoms with Crippen LogP contribution in [0.4, 0.5) is 5.82 Å². The van der Waals surface area contributed by atoms with E-state index in [1.807, 2.05) is 23.9 Å². The topological polar surface area (TPSA) is 51.8 Å². The minimum atomic E-state index is 0.606. The number of thiophene rings is 1. The monoisotopic (exact) mass is 269 g/mol. The second-order valence-electron chi connectivity index (χ2n) is 3.45. The van der Waals surface area contributed by atoms with E-state index in [1.54, 1.807) is 0 Å². The Morgan fingerprint density at radius 1 is 1.25 bits per heavy atom. The van der Waals surface area contributed by atoms with E-state index in [4.69, 9.17) is 17.3 Å². The molecule has 3 rings (SSSR count). The van der Waals surface area contributed by atoms with Crippen molar-refractivity contribution in [2.75, 3.05) is 5.73 Å². The van der Waals surface area contributed by atoms with Crippen LogP contribution < -0.4 is 5.73 Å². The van der Waals surface area contributed by atoms with E-state index < -0.39 is 0 Å². The summed E-state index contributed by atoms with van der Waals surface area (Å²) in [7, 11) is 0. The van der Waals surface area contributed by atoms with Crippen LogP contribution >= 0.6 is 34.7 Å². The SMILES string of the molecule is Nc1nc(-c2ccc(Cl)s2)nc2c1CSC2. The van der Waals surface area contributed by atoms with E-state index in [0.717, 1.165) is 32.0 Å². The summed E-state index contributed by atoms with van der Waals surface area (Å²) in [6.07, 6.45) is 0. The molecule has 82 valence electrons. The number of fused-ring (bicyclic) bond motifs is 1. The van der Waals surface area contributed by atoms with Gasteiger partial charge in [0, 0.05) is 17.1 Å². The number of thioether (sulfide) groups is 1. The Morgan fingerprint density at radius 2 is 2.12 bits per heavy atom. The van der Waals surface area contributed by atoms with E-state index in [9.17, 15) is 0 Å². The van der Waals surface area contributed by atoms with Gasteiger partial charge < -0.3 is 5.73 Å². The van der Waals surface area contributed by atoms with Gasteiger partial charge in [-0.1, -0.05) is 11.6 Å². The average Bonchev–Trinajstić information content (AvgIpc) is 2.85. The van der Waals surface area contributed by atoms with Crippen molar-refractivity contribution in [2.24, 2.45) is 0 Å². The standard InChI is InChI=1S/C10H8ClN3S2/c11-8-2-1-7(16-8)10-13-6-4-15-3-5(6)9(12)14-10/h1-2H,3-4H2,(H2,12,13,14). The fourth-order valence-electron chi connectivity index (χ4n) is 1.62. The number of nitrogen functional groups attached to an aromatic ring is 1. The normalized spacial score (nSPS) is 14.1. The van der Waals surface area contributed by atoms with E-state index in [1.165, 1.54) is 11.3 Å². The molecular formula is C10H8ClN3S2. The fraction of sp³-hybridized carbons (Fsp3) is 0.200. The lowest BCUT2D eigenvalue weighted by Gasteiger charge is -2.04. The summed E-state index contributed by atoms with van der Waals surface area (Å²) < 4.78 is 0.743. The zero-order chi connectivity index (χ0) is 11.1. The number of halogens is 1. The highest BCUT2D eigenvalue weighted by molar-refractivity contribution is 7.98. The molecular weight excluding hydrogens is 262 g/mol. The van der Waals surface area contributed by atoms with E-state index in [-0.39, 0.29) is 0 Å². The quantitative estimate of drug-likeness (QED) is 0.864. The molecule has 0 spiro atoms. The average molecular weight is 270 g/mol. The van der Waals surface area contributed by atoms with Crippen molar-refractivity contribution in [3.05, 3.63) is 27.7 Å². The third kappa shape index (κ3) is 1.69. The van der Waals surface area contributed by atoms with Gasteiger partial charge in [0.05, 0.1) is 14.9 Å². The lowest BCUT2D eigenvalue weighted by molar-refractivity contribution is 1.09. The molecule has 6 heteroatoms. The van der Waals surface area contributed by atoms with Crippen molar-refractivity contribution in [1.82, 2.24) is 9.97 Å². The van der Waals surface area contributed by atoms with Gasteiger partial charge in [0.25, 0.3) is 0 Å². The molecule has 3 heterocycles. The van der Waals surface area contributed by atoms with Crippen molar-refractivity contribution in [1.29, 1.82) is 0 Å². The van der Waals surface area contributed by atoms with Crippen LogP contribution in [0.25, 0.3) is 10.7 Å². The van der Waals surface area contributed by atoms with Crippen LogP contribution in [0.1, 0.15) is 11.3 Å². The molecule has 0 bridgehead atoms. The lowest BCUT2D eigenvalue weighted by atomic mass is 10.2. The zero-order valence-electron chi connectivity index (χ0n) is 8.24. The minimum Gasteiger partial charge on any atom is -0.383 e. The molecule has 0 aromatic carbocycles. The number of nitrogens with zero attached hydrogens (tertiary/aromatic N) is 2. The molecule has 2 N–H and O–H groups in total. The summed E-state index contributed by atoms with van der Waals surface area (Å²) in [5.41, 5.74) is 8.08. The van der Waals surface area contributed by atoms with Crippen molar-refractivity contribution in [3.63, 3.8) is 0 Å². The Morgan fingerprint density at radius 3 is 2.88 bits per heavy atom. The number of rotatable bonds is 1. The van der Waals surface area contributed by atoms with Crippen LogP contribution in [0.5, 0.6) is 0 Å². The summed E-state index contributed by atoms with van der Waals surface area (Å²) in [5.74, 6) is 3.14. The first-order valence-corrected chi connectivity index (χ1v) is 7.07. The van der Waals surface area contributed by atoms with Gasteiger partial charge in [-0.15, -0.1) is 11.3 Å². The second kappa shape index (κ2) is 3.91. The molecule has 0 atom stereocenters. The molecule has 16 heavy (non-hydrogen) atoms. The molecule has 0 unspecified atom stereocenters. The predicted octanol–water partition coefficient (Wildman–Crippen LogP) is 3.19. The molecule has 2 aromatic rings. The fourth-order valence-corrected chi connectivity index (χ4v) is 3.65. The van der Waals surface area contributed by atoms with Gasteiger partial charge in [0.1, 0.15) is 5.82 Å². The Bertz CT molecular complexity index is 553. The van der Waals surface area contributed by atoms with Crippen molar-refractivity contribution in [3.8, 4) is 10.7 Å². The van der Waals surface area contributed by atoms with Gasteiger partial charge >= 0.3 is 0 Å². The Labute approximate surface area is 106 Å². The van der Waals surface area contributed by atoms with E-state index in [0.29, 0.717) is 11.6 Å². The zero-order valence-corrected chi connectivity index (χ0v) is 10.6. The number of aromatic nitrogens is 2. The molecule has 2 aromatic heterocycles. The number of hydrogen-bond donors (Lipinski definition) is 1. The molecule has 1 aliphatic rings. The Balaban J connectivity index is 2.12. The predicted molar refractivity (Wildman–Crippen MR) is 69.8 cm³/mol. The maximum atomic E-state index is 5.92. The molecule has 3 nitrogen and oxygen atoms in total. The van der Waals surface area contributed by atoms with Gasteiger partial charge in [-0.05, 0) is 12.1 Å². The summed E-state index contributed by atoms with van der Waals surface area (Å²) in [4.78, 5) is 9.84. The maximum absolute atomic E-state index is 5.92. The highest BCUT2D eigenvalue weighted by Gasteiger charge is 2.19. The van der Waals surface area contributed by atoms with E-state index >= 15 is 0 Å². The molecule has 0 amide bonds. The van der Waals surface area contributed by atoms with Crippen molar-refractivity contribution in [2.45, 2.75) is 11.5 Å². The van der Waals surface area contributed by atoms with Crippen LogP contribution in [-0.4, -0.2) is 9.97 Å². The minimum absolute atomic E-state index is 0.606. The largest absolute Gasteiger partial charge is 0.383 e. The molecule has 0 aliphatic carbocycles. The Kier molecular flexibility index (Phi) is 2.53. The first-order chi connectivity index (χ1) is 7.74. The third-order valence-electron chi connectivity index (χ3n) is 2.40. The van der Waals surface area contributed by atoms with Crippen LogP contribution in [0.15, 0.2) is 12.1 Å². The van der Waals surface area contributed by atoms with Crippen LogP contribution in [0, 0.1) is 0 Å². The number of nitrogens with two attached hydrogens (primary N) is 1. The van der Waals surface area contributed by atoms with Crippen molar-refractivity contribution < 1.29 is 0 Å². The van der Waals surface area contributed by atoms with Crippen LogP contribution in [0.2, 0.25) is 4.34 Å². The summed E-state index contributed by atoms with van der Waals surface area (Å²) >= 11 is 9.19. The molecule has 0 saturated carbocycles. The van der Waals surface area contributed by atoms with Crippen LogP contribution in [0.3, 0.4) is 0 Å². The van der Waals surface area contributed by atoms with Gasteiger partial charge in [-0.3, -0.25) is 0 Å². The molecule has 1 aliphatic heterocycles. The van der Waals surface area contributed by atoms with Gasteiger partial charge in [-0.25, -0.2) is 9.97 Å². The first-order valence-electron chi connectivity index (χ1n) is 4.73. The smallest absolute Gasteiger partial charge is 0.171 e. The first kappa shape index (κ1) is 10.4. The number of hydrogen-bond acceptors (Lipinski definition) is 5. The highest BCUT2D eigenvalue weighted by Crippen LogP contribution is 2.35. The van der Waals surface area contributed by atoms with Gasteiger partial charge in [0.2, 0.25) is 0 Å². The number of anilines is 1. The lowest BCUT2D eigenvalue weighted by Crippen LogP contribution is -2.02. The highest BCUT2D eigenvalue weighted by atomic mass is 35.5. The summed E-state index contributed by atoms with van der Waals surface area (Å²) in [6, 6.07) is 3.78. The van der Waals surface area contributed by atoms with Gasteiger partial charge in [-0.2, -0.15) is 11.8 Å². The van der Waals surface area contributed by atoms with Crippen LogP contribution in [-0.2, 0) is 11.5 Å². The van der Waals surface area contributed by atoms with Gasteiger partial charge in [0.15, 0.2) is 5.82 Å². The molecule has 0 fully saturated rings.